The van der Waals surface area contributed by atoms with Crippen molar-refractivity contribution in [1.82, 2.24) is 4.98 Å². The Morgan fingerprint density at radius 3 is 3.06 bits per heavy atom. The fourth-order valence-electron chi connectivity index (χ4n) is 1.76. The number of hydrogen-bond acceptors (Lipinski definition) is 4. The lowest BCUT2D eigenvalue weighted by Gasteiger charge is -2.05. The third-order valence-electron chi connectivity index (χ3n) is 2.61. The number of hydrogen-bond donors (Lipinski definition) is 2. The van der Waals surface area contributed by atoms with E-state index in [9.17, 15) is 0 Å². The van der Waals surface area contributed by atoms with Gasteiger partial charge in [-0.1, -0.05) is 12.1 Å². The molecule has 3 nitrogen and oxygen atoms in total. The van der Waals surface area contributed by atoms with Gasteiger partial charge in [-0.25, -0.2) is 0 Å². The summed E-state index contributed by atoms with van der Waals surface area (Å²) in [6.45, 7) is 0. The second-order valence-corrected chi connectivity index (χ2v) is 5.37. The Bertz CT molecular complexity index is 707. The number of fused-ring (bicyclic) bond motifs is 1. The Balaban J connectivity index is 1.93. The lowest BCUT2D eigenvalue weighted by Crippen LogP contribution is -1.86. The van der Waals surface area contributed by atoms with Gasteiger partial charge in [-0.05, 0) is 29.5 Å². The molecule has 0 radical (unpaired) electrons. The van der Waals surface area contributed by atoms with Crippen molar-refractivity contribution in [3.8, 4) is 6.07 Å². The second kappa shape index (κ2) is 4.77. The normalized spacial score (nSPS) is 10.4. The molecule has 0 saturated carbocycles. The summed E-state index contributed by atoms with van der Waals surface area (Å²) in [6, 6.07) is 10.2. The van der Waals surface area contributed by atoms with Crippen molar-refractivity contribution in [3.63, 3.8) is 0 Å². The predicted molar refractivity (Wildman–Crippen MR) is 76.8 cm³/mol. The van der Waals surface area contributed by atoms with Gasteiger partial charge in [0, 0.05) is 21.9 Å². The zero-order chi connectivity index (χ0) is 12.4. The van der Waals surface area contributed by atoms with Gasteiger partial charge >= 0.3 is 0 Å². The van der Waals surface area contributed by atoms with Gasteiger partial charge in [-0.15, -0.1) is 0 Å². The van der Waals surface area contributed by atoms with E-state index in [0.29, 0.717) is 5.56 Å². The highest BCUT2D eigenvalue weighted by Crippen LogP contribution is 2.29. The first-order chi connectivity index (χ1) is 8.88. The molecule has 0 aliphatic rings. The summed E-state index contributed by atoms with van der Waals surface area (Å²) in [4.78, 5) is 4.33. The molecule has 0 unspecified atom stereocenters. The number of benzene rings is 1. The van der Waals surface area contributed by atoms with Crippen LogP contribution in [0.2, 0.25) is 0 Å². The fraction of sp³-hybridized carbons (Fsp3) is 0. The molecule has 0 saturated heterocycles. The van der Waals surface area contributed by atoms with Crippen molar-refractivity contribution in [2.24, 2.45) is 0 Å². The third-order valence-corrected chi connectivity index (χ3v) is 4.25. The molecule has 3 rings (SSSR count). The quantitative estimate of drug-likeness (QED) is 0.701. The third kappa shape index (κ3) is 1.96. The highest BCUT2D eigenvalue weighted by Gasteiger charge is 2.06. The maximum atomic E-state index is 9.00. The Labute approximate surface area is 113 Å². The first-order valence-electron chi connectivity index (χ1n) is 5.34. The van der Waals surface area contributed by atoms with E-state index in [1.807, 2.05) is 23.6 Å². The maximum absolute atomic E-state index is 9.00. The molecular weight excluding hydrogens is 262 g/mol. The summed E-state index contributed by atoms with van der Waals surface area (Å²) in [7, 11) is 0. The average Bonchev–Trinajstić information content (AvgIpc) is 3.05. The van der Waals surface area contributed by atoms with Crippen LogP contribution in [0.1, 0.15) is 5.56 Å². The van der Waals surface area contributed by atoms with Crippen molar-refractivity contribution in [2.45, 2.75) is 4.90 Å². The van der Waals surface area contributed by atoms with Gasteiger partial charge in [0.05, 0.1) is 16.8 Å². The van der Waals surface area contributed by atoms with Crippen LogP contribution in [0.3, 0.4) is 0 Å². The van der Waals surface area contributed by atoms with E-state index in [2.05, 4.69) is 27.2 Å². The molecule has 5 heteroatoms. The van der Waals surface area contributed by atoms with Gasteiger partial charge in [0.1, 0.15) is 6.07 Å². The molecule has 1 aromatic carbocycles. The Kier molecular flexibility index (Phi) is 2.97. The molecule has 88 valence electrons. The molecule has 18 heavy (non-hydrogen) atoms. The minimum Gasteiger partial charge on any atom is -0.358 e. The number of aromatic nitrogens is 1. The molecule has 0 aliphatic heterocycles. The summed E-state index contributed by atoms with van der Waals surface area (Å²) in [5.74, 6) is 0. The highest BCUT2D eigenvalue weighted by atomic mass is 32.2. The lowest BCUT2D eigenvalue weighted by molar-refractivity contribution is 1.44. The zero-order valence-electron chi connectivity index (χ0n) is 9.31. The number of nitrogens with zero attached hydrogens (tertiary/aromatic N) is 1. The molecular formula is C13H9N3S2. The van der Waals surface area contributed by atoms with Crippen LogP contribution in [0.15, 0.2) is 46.1 Å². The van der Waals surface area contributed by atoms with Crippen LogP contribution >= 0.6 is 23.3 Å². The van der Waals surface area contributed by atoms with E-state index < -0.39 is 0 Å². The van der Waals surface area contributed by atoms with Crippen molar-refractivity contribution in [3.05, 3.63) is 46.8 Å². The molecule has 2 heterocycles. The van der Waals surface area contributed by atoms with Crippen LogP contribution in [-0.4, -0.2) is 4.98 Å². The van der Waals surface area contributed by atoms with E-state index in [0.717, 1.165) is 16.6 Å². The number of anilines is 1. The standard InChI is InChI=1S/C13H9N3S2/c14-6-9-7-15-13-11(9)2-1-3-12(13)16-18-10-4-5-17-8-10/h1-5,7-8,15-16H. The number of nitrogens with one attached hydrogen (secondary N) is 2. The van der Waals surface area contributed by atoms with Crippen molar-refractivity contribution < 1.29 is 0 Å². The summed E-state index contributed by atoms with van der Waals surface area (Å²) < 4.78 is 3.31. The summed E-state index contributed by atoms with van der Waals surface area (Å²) in [5, 5.41) is 14.1. The van der Waals surface area contributed by atoms with Gasteiger partial charge in [-0.3, -0.25) is 0 Å². The van der Waals surface area contributed by atoms with E-state index in [1.165, 1.54) is 4.90 Å². The Hall–Kier alpha value is -1.90. The number of H-pyrrole nitrogens is 1. The van der Waals surface area contributed by atoms with E-state index in [1.54, 1.807) is 29.5 Å². The van der Waals surface area contributed by atoms with Crippen LogP contribution in [-0.2, 0) is 0 Å². The first kappa shape index (κ1) is 11.2. The fourth-order valence-corrected chi connectivity index (χ4v) is 3.25. The van der Waals surface area contributed by atoms with Gasteiger partial charge in [0.15, 0.2) is 0 Å². The van der Waals surface area contributed by atoms with E-state index >= 15 is 0 Å². The predicted octanol–water partition coefficient (Wildman–Crippen LogP) is 4.22. The molecule has 0 aliphatic carbocycles. The largest absolute Gasteiger partial charge is 0.358 e. The van der Waals surface area contributed by atoms with Crippen molar-refractivity contribution in [2.75, 3.05) is 4.72 Å². The molecule has 2 aromatic heterocycles. The van der Waals surface area contributed by atoms with Crippen molar-refractivity contribution in [1.29, 1.82) is 5.26 Å². The summed E-state index contributed by atoms with van der Waals surface area (Å²) in [6.07, 6.45) is 1.74. The molecule has 0 atom stereocenters. The number of nitriles is 1. The lowest BCUT2D eigenvalue weighted by atomic mass is 10.2. The number of aromatic amines is 1. The molecule has 2 N–H and O–H groups in total. The maximum Gasteiger partial charge on any atom is 0.101 e. The molecule has 0 spiro atoms. The molecule has 0 bridgehead atoms. The SMILES string of the molecule is N#Cc1c[nH]c2c(NSc3ccsc3)cccc12. The van der Waals surface area contributed by atoms with Gasteiger partial charge < -0.3 is 9.71 Å². The zero-order valence-corrected chi connectivity index (χ0v) is 10.9. The number of para-hydroxylation sites is 1. The topological polar surface area (TPSA) is 51.6 Å². The van der Waals surface area contributed by atoms with Gasteiger partial charge in [-0.2, -0.15) is 16.6 Å². The monoisotopic (exact) mass is 271 g/mol. The van der Waals surface area contributed by atoms with E-state index in [4.69, 9.17) is 5.26 Å². The van der Waals surface area contributed by atoms with Crippen LogP contribution in [0.4, 0.5) is 5.69 Å². The van der Waals surface area contributed by atoms with Crippen molar-refractivity contribution >= 4 is 39.9 Å². The average molecular weight is 271 g/mol. The Morgan fingerprint density at radius 2 is 2.28 bits per heavy atom. The summed E-state index contributed by atoms with van der Waals surface area (Å²) >= 11 is 3.24. The number of rotatable bonds is 3. The van der Waals surface area contributed by atoms with Crippen LogP contribution in [0.25, 0.3) is 10.9 Å². The molecule has 0 fully saturated rings. The van der Waals surface area contributed by atoms with Gasteiger partial charge in [0.2, 0.25) is 0 Å². The Morgan fingerprint density at radius 1 is 1.33 bits per heavy atom. The minimum absolute atomic E-state index is 0.675. The minimum atomic E-state index is 0.675. The summed E-state index contributed by atoms with van der Waals surface area (Å²) in [5.41, 5.74) is 2.64. The number of thiophene rings is 1. The molecule has 0 amide bonds. The first-order valence-corrected chi connectivity index (χ1v) is 7.09. The van der Waals surface area contributed by atoms with E-state index in [-0.39, 0.29) is 0 Å². The smallest absolute Gasteiger partial charge is 0.101 e. The van der Waals surface area contributed by atoms with Gasteiger partial charge in [0.25, 0.3) is 0 Å². The van der Waals surface area contributed by atoms with Crippen LogP contribution < -0.4 is 4.72 Å². The van der Waals surface area contributed by atoms with Crippen LogP contribution in [0.5, 0.6) is 0 Å². The van der Waals surface area contributed by atoms with Crippen LogP contribution in [0, 0.1) is 11.3 Å². The second-order valence-electron chi connectivity index (χ2n) is 3.71. The molecule has 3 aromatic rings. The highest BCUT2D eigenvalue weighted by molar-refractivity contribution is 8.00.